The number of benzene rings is 1. The predicted octanol–water partition coefficient (Wildman–Crippen LogP) is 1.19. The largest absolute Gasteiger partial charge is 0.490 e. The van der Waals surface area contributed by atoms with Gasteiger partial charge in [0.2, 0.25) is 0 Å². The van der Waals surface area contributed by atoms with Crippen molar-refractivity contribution >= 4 is 14.7 Å². The highest BCUT2D eigenvalue weighted by Gasteiger charge is 2.10. The summed E-state index contributed by atoms with van der Waals surface area (Å²) >= 11 is 0. The Morgan fingerprint density at radius 2 is 1.94 bits per heavy atom. The molecule has 0 aliphatic carbocycles. The van der Waals surface area contributed by atoms with Crippen LogP contribution in [0.25, 0.3) is 0 Å². The highest BCUT2D eigenvalue weighted by atomic mass is 28.2. The zero-order valence-corrected chi connectivity index (χ0v) is 11.0. The Balaban J connectivity index is 2.90. The number of para-hydroxylation sites is 1. The fraction of sp³-hybridized carbons (Fsp3) is 0.500. The van der Waals surface area contributed by atoms with E-state index in [4.69, 9.17) is 15.2 Å². The number of rotatable bonds is 7. The van der Waals surface area contributed by atoms with Crippen LogP contribution in [0.15, 0.2) is 18.2 Å². The van der Waals surface area contributed by atoms with Crippen LogP contribution in [0.4, 0.5) is 0 Å². The normalized spacial score (nSPS) is 10.2. The first-order valence-electron chi connectivity index (χ1n) is 5.66. The van der Waals surface area contributed by atoms with Gasteiger partial charge < -0.3 is 15.2 Å². The number of nitrogens with two attached hydrogens (primary N) is 1. The summed E-state index contributed by atoms with van der Waals surface area (Å²) in [4.78, 5) is 0. The Labute approximate surface area is 99.8 Å². The summed E-state index contributed by atoms with van der Waals surface area (Å²) < 4.78 is 11.2. The quantitative estimate of drug-likeness (QED) is 0.725. The monoisotopic (exact) mass is 237 g/mol. The maximum atomic E-state index is 5.66. The number of hydrogen-bond acceptors (Lipinski definition) is 3. The summed E-state index contributed by atoms with van der Waals surface area (Å²) in [5, 5.41) is 1.21. The standard InChI is InChI=1S/C12H19NO2Si/c1-3-14-10-6-5-7-11(16-9-8-13)12(10)15-4-2/h5-7H,3-4,8-9,13H2,1-2H3. The smallest absolute Gasteiger partial charge is 0.160 e. The second kappa shape index (κ2) is 7.30. The second-order valence-electron chi connectivity index (χ2n) is 3.21. The Kier molecular flexibility index (Phi) is 5.96. The van der Waals surface area contributed by atoms with Crippen molar-refractivity contribution in [2.24, 2.45) is 5.73 Å². The Bertz CT molecular complexity index is 318. The molecule has 0 aromatic heterocycles. The van der Waals surface area contributed by atoms with Gasteiger partial charge in [-0.25, -0.2) is 0 Å². The SMILES string of the molecule is CCOc1cccc([Si]CCN)c1OCC. The lowest BCUT2D eigenvalue weighted by molar-refractivity contribution is 0.289. The van der Waals surface area contributed by atoms with Crippen LogP contribution in [0.5, 0.6) is 11.5 Å². The van der Waals surface area contributed by atoms with Gasteiger partial charge in [-0.2, -0.15) is 0 Å². The van der Waals surface area contributed by atoms with Gasteiger partial charge in [0.05, 0.1) is 22.7 Å². The molecule has 0 aliphatic rings. The molecule has 0 aliphatic heterocycles. The molecule has 0 atom stereocenters. The molecule has 0 unspecified atom stereocenters. The van der Waals surface area contributed by atoms with E-state index in [0.717, 1.165) is 17.5 Å². The van der Waals surface area contributed by atoms with Gasteiger partial charge >= 0.3 is 0 Å². The van der Waals surface area contributed by atoms with Crippen molar-refractivity contribution in [2.75, 3.05) is 19.8 Å². The van der Waals surface area contributed by atoms with Crippen LogP contribution in [-0.2, 0) is 0 Å². The molecule has 0 amide bonds. The van der Waals surface area contributed by atoms with Crippen molar-refractivity contribution in [1.29, 1.82) is 0 Å². The lowest BCUT2D eigenvalue weighted by atomic mass is 10.3. The van der Waals surface area contributed by atoms with Crippen LogP contribution in [0.2, 0.25) is 6.04 Å². The van der Waals surface area contributed by atoms with Crippen LogP contribution in [0.1, 0.15) is 13.8 Å². The van der Waals surface area contributed by atoms with E-state index in [1.807, 2.05) is 26.0 Å². The van der Waals surface area contributed by atoms with E-state index in [-0.39, 0.29) is 0 Å². The first kappa shape index (κ1) is 13.1. The third kappa shape index (κ3) is 3.54. The van der Waals surface area contributed by atoms with Crippen molar-refractivity contribution in [3.05, 3.63) is 18.2 Å². The van der Waals surface area contributed by atoms with Gasteiger partial charge in [0.1, 0.15) is 0 Å². The average Bonchev–Trinajstić information content (AvgIpc) is 2.30. The fourth-order valence-corrected chi connectivity index (χ4v) is 2.41. The molecule has 1 rings (SSSR count). The van der Waals surface area contributed by atoms with E-state index < -0.39 is 0 Å². The maximum absolute atomic E-state index is 5.66. The Morgan fingerprint density at radius 3 is 2.56 bits per heavy atom. The molecule has 0 heterocycles. The van der Waals surface area contributed by atoms with E-state index >= 15 is 0 Å². The molecular weight excluding hydrogens is 218 g/mol. The van der Waals surface area contributed by atoms with E-state index in [1.165, 1.54) is 5.19 Å². The van der Waals surface area contributed by atoms with E-state index in [0.29, 0.717) is 29.3 Å². The highest BCUT2D eigenvalue weighted by Crippen LogP contribution is 2.24. The first-order chi connectivity index (χ1) is 7.83. The molecule has 88 valence electrons. The number of hydrogen-bond donors (Lipinski definition) is 1. The molecule has 2 radical (unpaired) electrons. The van der Waals surface area contributed by atoms with E-state index in [2.05, 4.69) is 6.07 Å². The molecule has 0 bridgehead atoms. The predicted molar refractivity (Wildman–Crippen MR) is 68.0 cm³/mol. The van der Waals surface area contributed by atoms with Gasteiger partial charge in [0.15, 0.2) is 11.5 Å². The third-order valence-electron chi connectivity index (χ3n) is 2.03. The van der Waals surface area contributed by atoms with Gasteiger partial charge in [0, 0.05) is 0 Å². The van der Waals surface area contributed by atoms with Crippen LogP contribution >= 0.6 is 0 Å². The van der Waals surface area contributed by atoms with Gasteiger partial charge in [-0.05, 0) is 37.7 Å². The van der Waals surface area contributed by atoms with Crippen molar-refractivity contribution in [3.8, 4) is 11.5 Å². The zero-order chi connectivity index (χ0) is 11.8. The second-order valence-corrected chi connectivity index (χ2v) is 4.61. The topological polar surface area (TPSA) is 44.5 Å². The van der Waals surface area contributed by atoms with Gasteiger partial charge in [-0.15, -0.1) is 0 Å². The fourth-order valence-electron chi connectivity index (χ4n) is 1.42. The summed E-state index contributed by atoms with van der Waals surface area (Å²) in [6, 6.07) is 7.04. The minimum absolute atomic E-state index is 0.656. The summed E-state index contributed by atoms with van der Waals surface area (Å²) in [5.41, 5.74) is 5.53. The molecule has 0 saturated carbocycles. The maximum Gasteiger partial charge on any atom is 0.160 e. The Hall–Kier alpha value is -1.00. The minimum atomic E-state index is 0.656. The first-order valence-corrected chi connectivity index (χ1v) is 6.86. The Morgan fingerprint density at radius 1 is 1.19 bits per heavy atom. The van der Waals surface area contributed by atoms with Crippen LogP contribution in [-0.4, -0.2) is 29.3 Å². The summed E-state index contributed by atoms with van der Waals surface area (Å²) in [6.07, 6.45) is 0. The summed E-state index contributed by atoms with van der Waals surface area (Å²) in [5.74, 6) is 1.73. The van der Waals surface area contributed by atoms with Gasteiger partial charge in [-0.1, -0.05) is 12.1 Å². The van der Waals surface area contributed by atoms with E-state index in [1.54, 1.807) is 0 Å². The van der Waals surface area contributed by atoms with Crippen molar-refractivity contribution in [2.45, 2.75) is 19.9 Å². The minimum Gasteiger partial charge on any atom is -0.490 e. The van der Waals surface area contributed by atoms with Crippen LogP contribution in [0, 0.1) is 0 Å². The van der Waals surface area contributed by atoms with Gasteiger partial charge in [0.25, 0.3) is 0 Å². The summed E-state index contributed by atoms with van der Waals surface area (Å²) in [7, 11) is 0.684. The molecule has 1 aromatic rings. The van der Waals surface area contributed by atoms with Crippen LogP contribution < -0.4 is 20.4 Å². The summed E-state index contributed by atoms with van der Waals surface area (Å²) in [6.45, 7) is 5.99. The lowest BCUT2D eigenvalue weighted by Crippen LogP contribution is -2.20. The number of ether oxygens (including phenoxy) is 2. The van der Waals surface area contributed by atoms with Crippen molar-refractivity contribution in [3.63, 3.8) is 0 Å². The third-order valence-corrected chi connectivity index (χ3v) is 3.34. The van der Waals surface area contributed by atoms with Gasteiger partial charge in [-0.3, -0.25) is 0 Å². The molecule has 1 aromatic carbocycles. The molecule has 0 saturated heterocycles. The molecule has 3 nitrogen and oxygen atoms in total. The van der Waals surface area contributed by atoms with E-state index in [9.17, 15) is 0 Å². The molecule has 0 fully saturated rings. The lowest BCUT2D eigenvalue weighted by Gasteiger charge is -2.14. The molecular formula is C12H19NO2Si. The molecule has 16 heavy (non-hydrogen) atoms. The van der Waals surface area contributed by atoms with Crippen molar-refractivity contribution in [1.82, 2.24) is 0 Å². The molecule has 0 spiro atoms. The highest BCUT2D eigenvalue weighted by molar-refractivity contribution is 6.54. The zero-order valence-electron chi connectivity index (χ0n) is 9.95. The average molecular weight is 237 g/mol. The molecule has 4 heteroatoms. The molecule has 2 N–H and O–H groups in total. The van der Waals surface area contributed by atoms with Crippen molar-refractivity contribution < 1.29 is 9.47 Å². The van der Waals surface area contributed by atoms with Crippen LogP contribution in [0.3, 0.4) is 0 Å².